The lowest BCUT2D eigenvalue weighted by atomic mass is 10.0. The van der Waals surface area contributed by atoms with Gasteiger partial charge in [0.2, 0.25) is 0 Å². The number of fused-ring (bicyclic) bond motifs is 1. The zero-order chi connectivity index (χ0) is 32.7. The molecular formula is C36H39N3O6S. The summed E-state index contributed by atoms with van der Waals surface area (Å²) in [6.07, 6.45) is 8.53. The van der Waals surface area contributed by atoms with Gasteiger partial charge in [-0.25, -0.2) is 17.9 Å². The van der Waals surface area contributed by atoms with Crippen LogP contribution in [0.5, 0.6) is 5.75 Å². The Kier molecular flexibility index (Phi) is 10.3. The number of sulfonamides is 1. The minimum absolute atomic E-state index is 0.0286. The number of ether oxygens (including phenoxy) is 2. The van der Waals surface area contributed by atoms with Crippen molar-refractivity contribution in [2.75, 3.05) is 12.4 Å². The second-order valence-electron chi connectivity index (χ2n) is 11.5. The van der Waals surface area contributed by atoms with Gasteiger partial charge in [0.05, 0.1) is 7.11 Å². The molecule has 1 aromatic heterocycles. The normalized spacial score (nSPS) is 13.2. The Hall–Kier alpha value is -4.75. The molecular weight excluding hydrogens is 602 g/mol. The monoisotopic (exact) mass is 641 g/mol. The highest BCUT2D eigenvalue weighted by molar-refractivity contribution is 7.90. The van der Waals surface area contributed by atoms with Crippen molar-refractivity contribution in [3.8, 4) is 17.6 Å². The van der Waals surface area contributed by atoms with Crippen LogP contribution in [0.2, 0.25) is 0 Å². The number of amides is 2. The summed E-state index contributed by atoms with van der Waals surface area (Å²) in [5.74, 6) is 5.61. The number of nitrogens with one attached hydrogen (secondary N) is 2. The number of rotatable bonds is 10. The smallest absolute Gasteiger partial charge is 0.411 e. The molecule has 0 atom stereocenters. The molecule has 1 aliphatic rings. The number of carbonyl (C=O) groups is 2. The first-order valence-electron chi connectivity index (χ1n) is 15.6. The SMILES string of the molecule is CCCCC#Cc1ccccc1S(=O)(=O)NC(=O)c1ccc(Cc2cn(C)c3ccc(NC(=O)OC4CCCC4)cc23)c(OC)c1. The summed E-state index contributed by atoms with van der Waals surface area (Å²) >= 11 is 0. The number of anilines is 1. The molecule has 0 aliphatic heterocycles. The highest BCUT2D eigenvalue weighted by Crippen LogP contribution is 2.30. The number of methoxy groups -OCH3 is 1. The second kappa shape index (κ2) is 14.6. The number of hydrogen-bond donors (Lipinski definition) is 2. The van der Waals surface area contributed by atoms with Crippen molar-refractivity contribution >= 4 is 38.6 Å². The van der Waals surface area contributed by atoms with Crippen LogP contribution in [0.25, 0.3) is 10.9 Å². The summed E-state index contributed by atoms with van der Waals surface area (Å²) in [5, 5.41) is 3.81. The first-order chi connectivity index (χ1) is 22.2. The zero-order valence-corrected chi connectivity index (χ0v) is 27.2. The molecule has 10 heteroatoms. The lowest BCUT2D eigenvalue weighted by molar-refractivity contribution is 0.0980. The number of unbranched alkanes of at least 4 members (excludes halogenated alkanes) is 2. The summed E-state index contributed by atoms with van der Waals surface area (Å²) in [5.41, 5.74) is 3.89. The maximum Gasteiger partial charge on any atom is 0.411 e. The van der Waals surface area contributed by atoms with E-state index in [1.54, 1.807) is 30.3 Å². The van der Waals surface area contributed by atoms with Crippen molar-refractivity contribution in [1.29, 1.82) is 0 Å². The van der Waals surface area contributed by atoms with E-state index in [1.807, 2.05) is 36.0 Å². The molecule has 1 aliphatic carbocycles. The Balaban J connectivity index is 1.33. The van der Waals surface area contributed by atoms with Crippen LogP contribution in [-0.2, 0) is 28.2 Å². The molecule has 1 heterocycles. The van der Waals surface area contributed by atoms with Gasteiger partial charge < -0.3 is 14.0 Å². The van der Waals surface area contributed by atoms with E-state index in [2.05, 4.69) is 28.8 Å². The predicted molar refractivity (Wildman–Crippen MR) is 179 cm³/mol. The molecule has 46 heavy (non-hydrogen) atoms. The van der Waals surface area contributed by atoms with Gasteiger partial charge in [-0.3, -0.25) is 10.1 Å². The van der Waals surface area contributed by atoms with Crippen LogP contribution in [0.15, 0.2) is 71.8 Å². The maximum absolute atomic E-state index is 13.2. The average molecular weight is 642 g/mol. The summed E-state index contributed by atoms with van der Waals surface area (Å²) in [6, 6.07) is 17.0. The van der Waals surface area contributed by atoms with Crippen LogP contribution in [0.3, 0.4) is 0 Å². The number of benzene rings is 3. The van der Waals surface area contributed by atoms with Gasteiger partial charge in [0, 0.05) is 53.8 Å². The Labute approximate surface area is 270 Å². The van der Waals surface area contributed by atoms with Crippen molar-refractivity contribution < 1.29 is 27.5 Å². The highest BCUT2D eigenvalue weighted by atomic mass is 32.2. The van der Waals surface area contributed by atoms with Gasteiger partial charge in [0.1, 0.15) is 16.7 Å². The first-order valence-corrected chi connectivity index (χ1v) is 17.0. The van der Waals surface area contributed by atoms with Gasteiger partial charge in [-0.15, -0.1) is 0 Å². The van der Waals surface area contributed by atoms with Crippen molar-refractivity contribution in [3.05, 3.63) is 89.1 Å². The van der Waals surface area contributed by atoms with Gasteiger partial charge in [0.15, 0.2) is 0 Å². The van der Waals surface area contributed by atoms with Gasteiger partial charge >= 0.3 is 6.09 Å². The molecule has 0 bridgehead atoms. The summed E-state index contributed by atoms with van der Waals surface area (Å²) in [7, 11) is -0.728. The minimum Gasteiger partial charge on any atom is -0.496 e. The maximum atomic E-state index is 13.2. The largest absolute Gasteiger partial charge is 0.496 e. The highest BCUT2D eigenvalue weighted by Gasteiger charge is 2.23. The van der Waals surface area contributed by atoms with E-state index in [-0.39, 0.29) is 16.6 Å². The van der Waals surface area contributed by atoms with Crippen LogP contribution >= 0.6 is 0 Å². The van der Waals surface area contributed by atoms with Crippen LogP contribution in [0.1, 0.15) is 78.9 Å². The topological polar surface area (TPSA) is 116 Å². The zero-order valence-electron chi connectivity index (χ0n) is 26.4. The number of carbonyl (C=O) groups excluding carboxylic acids is 2. The Morgan fingerprint density at radius 2 is 1.80 bits per heavy atom. The van der Waals surface area contributed by atoms with Gasteiger partial charge in [-0.2, -0.15) is 0 Å². The van der Waals surface area contributed by atoms with Gasteiger partial charge in [-0.05, 0) is 85.7 Å². The van der Waals surface area contributed by atoms with Crippen LogP contribution in [0, 0.1) is 11.8 Å². The number of nitrogens with zero attached hydrogens (tertiary/aromatic N) is 1. The quantitative estimate of drug-likeness (QED) is 0.143. The van der Waals surface area contributed by atoms with Crippen molar-refractivity contribution in [1.82, 2.24) is 9.29 Å². The summed E-state index contributed by atoms with van der Waals surface area (Å²) in [6.45, 7) is 2.06. The van der Waals surface area contributed by atoms with Crippen molar-refractivity contribution in [2.24, 2.45) is 7.05 Å². The molecule has 0 spiro atoms. The number of hydrogen-bond acceptors (Lipinski definition) is 6. The third-order valence-corrected chi connectivity index (χ3v) is 9.50. The molecule has 2 N–H and O–H groups in total. The fraction of sp³-hybridized carbons (Fsp3) is 0.333. The van der Waals surface area contributed by atoms with Crippen molar-refractivity contribution in [3.63, 3.8) is 0 Å². The molecule has 4 aromatic rings. The molecule has 1 saturated carbocycles. The van der Waals surface area contributed by atoms with Crippen LogP contribution < -0.4 is 14.8 Å². The molecule has 2 amide bonds. The summed E-state index contributed by atoms with van der Waals surface area (Å²) < 4.78 is 41.8. The van der Waals surface area contributed by atoms with Gasteiger partial charge in [0.25, 0.3) is 15.9 Å². The minimum atomic E-state index is -4.19. The molecule has 0 radical (unpaired) electrons. The van der Waals surface area contributed by atoms with E-state index in [1.165, 1.54) is 19.2 Å². The van der Waals surface area contributed by atoms with Gasteiger partial charge in [-0.1, -0.05) is 43.4 Å². The Morgan fingerprint density at radius 1 is 1.02 bits per heavy atom. The van der Waals surface area contributed by atoms with E-state index < -0.39 is 22.0 Å². The summed E-state index contributed by atoms with van der Waals surface area (Å²) in [4.78, 5) is 25.6. The molecule has 5 rings (SSSR count). The van der Waals surface area contributed by atoms with E-state index in [4.69, 9.17) is 9.47 Å². The third kappa shape index (κ3) is 7.72. The fourth-order valence-electron chi connectivity index (χ4n) is 5.70. The van der Waals surface area contributed by atoms with E-state index in [9.17, 15) is 18.0 Å². The second-order valence-corrected chi connectivity index (χ2v) is 13.1. The number of aromatic nitrogens is 1. The molecule has 9 nitrogen and oxygen atoms in total. The molecule has 3 aromatic carbocycles. The average Bonchev–Trinajstić information content (AvgIpc) is 3.66. The lowest BCUT2D eigenvalue weighted by Gasteiger charge is -2.13. The van der Waals surface area contributed by atoms with Crippen LogP contribution in [-0.4, -0.2) is 38.2 Å². The first kappa shape index (κ1) is 32.6. The van der Waals surface area contributed by atoms with Crippen LogP contribution in [0.4, 0.5) is 10.5 Å². The fourth-order valence-corrected chi connectivity index (χ4v) is 6.84. The van der Waals surface area contributed by atoms with Crippen molar-refractivity contribution in [2.45, 2.75) is 69.3 Å². The lowest BCUT2D eigenvalue weighted by Crippen LogP contribution is -2.31. The Morgan fingerprint density at radius 3 is 2.57 bits per heavy atom. The third-order valence-electron chi connectivity index (χ3n) is 8.11. The Bertz CT molecular complexity index is 1910. The standard InChI is InChI=1S/C36H39N3O6S/c1-4-5-6-7-12-25-13-8-11-16-34(25)46(42,43)38-35(40)27-18-17-26(33(22-27)44-3)21-28-24-39(2)32-20-19-29(23-31(28)32)37-36(41)45-30-14-9-10-15-30/h8,11,13,16-20,22-24,30H,4-6,9-10,14-15,21H2,1-3H3,(H,37,41)(H,38,40). The molecule has 0 saturated heterocycles. The molecule has 240 valence electrons. The van der Waals surface area contributed by atoms with E-state index in [0.29, 0.717) is 29.8 Å². The predicted octanol–water partition coefficient (Wildman–Crippen LogP) is 6.93. The molecule has 0 unspecified atom stereocenters. The van der Waals surface area contributed by atoms with E-state index >= 15 is 0 Å². The number of aryl methyl sites for hydroxylation is 1. The molecule has 1 fully saturated rings. The van der Waals surface area contributed by atoms with E-state index in [0.717, 1.165) is 60.6 Å².